The summed E-state index contributed by atoms with van der Waals surface area (Å²) in [5, 5.41) is 16.9. The lowest BCUT2D eigenvalue weighted by atomic mass is 9.75. The van der Waals surface area contributed by atoms with Crippen LogP contribution in [0.2, 0.25) is 0 Å². The number of hydrazine groups is 1. The Bertz CT molecular complexity index is 2890. The van der Waals surface area contributed by atoms with Crippen molar-refractivity contribution in [3.05, 3.63) is 113 Å². The molecule has 426 valence electrons. The highest BCUT2D eigenvalue weighted by Crippen LogP contribution is 2.46. The second kappa shape index (κ2) is 24.2. The molecule has 0 radical (unpaired) electrons. The summed E-state index contributed by atoms with van der Waals surface area (Å²) in [6, 6.07) is 10.3. The largest absolute Gasteiger partial charge is 0.469 e. The summed E-state index contributed by atoms with van der Waals surface area (Å²) in [5.74, 6) is -3.19. The summed E-state index contributed by atoms with van der Waals surface area (Å²) in [4.78, 5) is 66.4. The molecule has 6 atom stereocenters. The number of ether oxygens (including phenoxy) is 3. The molecule has 79 heavy (non-hydrogen) atoms. The number of alkyl halides is 6. The van der Waals surface area contributed by atoms with Gasteiger partial charge in [0.1, 0.15) is 29.3 Å². The molecule has 3 aliphatic heterocycles. The van der Waals surface area contributed by atoms with Gasteiger partial charge in [0.15, 0.2) is 0 Å². The van der Waals surface area contributed by atoms with Gasteiger partial charge in [-0.2, -0.15) is 26.3 Å². The van der Waals surface area contributed by atoms with Crippen molar-refractivity contribution >= 4 is 29.7 Å². The molecule has 3 fully saturated rings. The van der Waals surface area contributed by atoms with Crippen LogP contribution < -0.4 is 21.0 Å². The standard InChI is InChI=1S/C54H59F9N8O8/c1-51(2,53(58,59)60)39(22-46(73)77-5)48(74)68-69(26-38-40(56)18-33(19-41(38)57)42-20-34(55)15-16-64-42)27-44(72)43(66-49(75)47(67-50(76)78-6)52(3,4)54(61,62)63)17-31-10-7-30(8-11-31)9-12-32-13-14-45(65-23-32)71-25-35-21-36(71)24-70(35)37-28-79-29-37/h7-8,10-11,13-16,18-20,23,35-37,39,43-44,47,72H,17,21-22,24-29H2,1-6H3,(H,66,75)(H,67,76)(H,68,74)/t35-,36-,39-,43+,44+,47-/m1/s1. The minimum absolute atomic E-state index is 0.198. The van der Waals surface area contributed by atoms with Crippen molar-refractivity contribution in [2.75, 3.05) is 52.0 Å². The number of carbonyl (C=O) groups excluding carboxylic acids is 4. The monoisotopic (exact) mass is 1120 g/mol. The van der Waals surface area contributed by atoms with Crippen LogP contribution >= 0.6 is 0 Å². The molecule has 0 unspecified atom stereocenters. The Morgan fingerprint density at radius 3 is 1.99 bits per heavy atom. The van der Waals surface area contributed by atoms with Crippen LogP contribution in [0.15, 0.2) is 73.1 Å². The van der Waals surface area contributed by atoms with Gasteiger partial charge in [0.25, 0.3) is 0 Å². The van der Waals surface area contributed by atoms with E-state index < -0.39 is 120 Å². The maximum Gasteiger partial charge on any atom is 0.407 e. The van der Waals surface area contributed by atoms with E-state index in [0.717, 1.165) is 83.2 Å². The van der Waals surface area contributed by atoms with E-state index in [4.69, 9.17) is 4.74 Å². The predicted molar refractivity (Wildman–Crippen MR) is 266 cm³/mol. The average molecular weight is 1120 g/mol. The third-order valence-corrected chi connectivity index (χ3v) is 14.8. The minimum atomic E-state index is -5.15. The number of hydrogen-bond donors (Lipinski definition) is 4. The van der Waals surface area contributed by atoms with E-state index in [1.807, 2.05) is 17.4 Å². The fraction of sp³-hybridized carbons (Fsp3) is 0.481. The van der Waals surface area contributed by atoms with Gasteiger partial charge in [-0.3, -0.25) is 29.7 Å². The number of alkyl carbamates (subject to hydrolysis) is 1. The van der Waals surface area contributed by atoms with E-state index in [9.17, 15) is 55.0 Å². The molecule has 7 rings (SSSR count). The SMILES string of the molecule is COC(=O)C[C@H](C(=O)NN(Cc1c(F)cc(-c2cc(F)ccn2)cc1F)C[C@H](O)[C@H](Cc1ccc(C#Cc2ccc(N3C[C@H]4C[C@@H]3CN4C3COC3)nc2)cc1)NC(=O)[C@@H](NC(=O)OC)C(C)(C)C(F)(F)F)C(C)(C)C(F)(F)F. The number of likely N-dealkylation sites (tertiary alicyclic amines) is 1. The summed E-state index contributed by atoms with van der Waals surface area (Å²) in [7, 11) is 1.70. The molecule has 2 aromatic heterocycles. The van der Waals surface area contributed by atoms with E-state index >= 15 is 8.78 Å². The zero-order chi connectivity index (χ0) is 57.8. The number of nitrogens with zero attached hydrogens (tertiary/aromatic N) is 5. The van der Waals surface area contributed by atoms with Gasteiger partial charge in [-0.1, -0.05) is 37.8 Å². The summed E-state index contributed by atoms with van der Waals surface area (Å²) in [6.45, 7) is 3.63. The van der Waals surface area contributed by atoms with Crippen molar-refractivity contribution in [3.63, 3.8) is 0 Å². The third kappa shape index (κ3) is 13.9. The number of methoxy groups -OCH3 is 2. The van der Waals surface area contributed by atoms with Crippen molar-refractivity contribution in [2.45, 2.75) is 102 Å². The topological polar surface area (TPSA) is 188 Å². The van der Waals surface area contributed by atoms with Crippen LogP contribution in [-0.4, -0.2) is 145 Å². The van der Waals surface area contributed by atoms with Crippen LogP contribution in [0.4, 0.5) is 50.1 Å². The van der Waals surface area contributed by atoms with Gasteiger partial charge >= 0.3 is 24.4 Å². The molecule has 3 aliphatic rings. The van der Waals surface area contributed by atoms with E-state index in [1.54, 1.807) is 18.3 Å². The molecule has 0 spiro atoms. The number of nitrogens with one attached hydrogen (secondary N) is 3. The minimum Gasteiger partial charge on any atom is -0.469 e. The van der Waals surface area contributed by atoms with Gasteiger partial charge in [0, 0.05) is 79.0 Å². The molecule has 4 aromatic rings. The van der Waals surface area contributed by atoms with E-state index in [2.05, 4.69) is 51.8 Å². The number of anilines is 1. The number of aromatic nitrogens is 2. The maximum absolute atomic E-state index is 16.0. The summed E-state index contributed by atoms with van der Waals surface area (Å²) in [5.41, 5.74) is -3.81. The number of aliphatic hydroxyl groups excluding tert-OH is 1. The normalized spacial score (nSPS) is 18.4. The number of rotatable bonds is 19. The zero-order valence-electron chi connectivity index (χ0n) is 43.8. The first-order valence-corrected chi connectivity index (χ1v) is 25.0. The molecule has 3 saturated heterocycles. The number of aliphatic hydroxyl groups is 1. The molecule has 0 saturated carbocycles. The van der Waals surface area contributed by atoms with Crippen molar-refractivity contribution in [3.8, 4) is 23.1 Å². The Morgan fingerprint density at radius 2 is 1.44 bits per heavy atom. The Morgan fingerprint density at radius 1 is 0.797 bits per heavy atom. The number of amides is 3. The number of fused-ring (bicyclic) bond motifs is 2. The van der Waals surface area contributed by atoms with Crippen LogP contribution in [0.25, 0.3) is 11.3 Å². The van der Waals surface area contributed by atoms with E-state index in [1.165, 1.54) is 12.1 Å². The average Bonchev–Trinajstić information content (AvgIpc) is 4.25. The molecular weight excluding hydrogens is 1060 g/mol. The third-order valence-electron chi connectivity index (χ3n) is 14.8. The lowest BCUT2D eigenvalue weighted by Crippen LogP contribution is -2.62. The number of carbonyl (C=O) groups is 4. The molecule has 25 heteroatoms. The molecule has 5 heterocycles. The summed E-state index contributed by atoms with van der Waals surface area (Å²) in [6.07, 6.45) is -11.7. The van der Waals surface area contributed by atoms with Crippen LogP contribution in [-0.2, 0) is 41.6 Å². The smallest absolute Gasteiger partial charge is 0.407 e. The molecule has 0 aliphatic carbocycles. The number of hydrogen-bond acceptors (Lipinski definition) is 13. The quantitative estimate of drug-likeness (QED) is 0.0340. The highest BCUT2D eigenvalue weighted by molar-refractivity contribution is 5.87. The van der Waals surface area contributed by atoms with Crippen LogP contribution in [0, 0.1) is 46.0 Å². The van der Waals surface area contributed by atoms with Crippen molar-refractivity contribution in [1.29, 1.82) is 0 Å². The van der Waals surface area contributed by atoms with Crippen LogP contribution in [0.1, 0.15) is 62.8 Å². The Labute approximate surface area is 449 Å². The van der Waals surface area contributed by atoms with Gasteiger partial charge in [0.05, 0.1) is 74.5 Å². The highest BCUT2D eigenvalue weighted by atomic mass is 19.4. The van der Waals surface area contributed by atoms with Gasteiger partial charge in [-0.15, -0.1) is 0 Å². The predicted octanol–water partition coefficient (Wildman–Crippen LogP) is 6.62. The van der Waals surface area contributed by atoms with Crippen molar-refractivity contribution in [1.82, 2.24) is 35.9 Å². The first kappa shape index (κ1) is 59.6. The summed E-state index contributed by atoms with van der Waals surface area (Å²) < 4.78 is 148. The molecule has 2 aromatic carbocycles. The number of esters is 1. The maximum atomic E-state index is 16.0. The number of piperazine rings is 1. The van der Waals surface area contributed by atoms with E-state index in [-0.39, 0.29) is 11.3 Å². The number of pyridine rings is 2. The number of halogens is 9. The van der Waals surface area contributed by atoms with E-state index in [0.29, 0.717) is 67.5 Å². The Kier molecular flexibility index (Phi) is 18.2. The second-order valence-electron chi connectivity index (χ2n) is 20.8. The first-order valence-electron chi connectivity index (χ1n) is 25.0. The van der Waals surface area contributed by atoms with Crippen molar-refractivity contribution < 1.29 is 78.0 Å². The molecule has 4 N–H and O–H groups in total. The number of benzene rings is 2. The summed E-state index contributed by atoms with van der Waals surface area (Å²) >= 11 is 0. The van der Waals surface area contributed by atoms with Gasteiger partial charge in [-0.25, -0.2) is 28.0 Å². The highest BCUT2D eigenvalue weighted by Gasteiger charge is 2.57. The van der Waals surface area contributed by atoms with Crippen molar-refractivity contribution in [2.24, 2.45) is 16.7 Å². The Balaban J connectivity index is 1.18. The van der Waals surface area contributed by atoms with Gasteiger partial charge < -0.3 is 34.9 Å². The van der Waals surface area contributed by atoms with Gasteiger partial charge in [-0.05, 0) is 74.7 Å². The zero-order valence-corrected chi connectivity index (χ0v) is 43.8. The van der Waals surface area contributed by atoms with Crippen LogP contribution in [0.3, 0.4) is 0 Å². The molecule has 16 nitrogen and oxygen atoms in total. The molecule has 2 bridgehead atoms. The molecule has 3 amide bonds. The van der Waals surface area contributed by atoms with Gasteiger partial charge in [0.2, 0.25) is 11.8 Å². The molecular formula is C54H59F9N8O8. The Hall–Kier alpha value is -7.01. The first-order chi connectivity index (χ1) is 37.1. The fourth-order valence-corrected chi connectivity index (χ4v) is 9.57. The second-order valence-corrected chi connectivity index (χ2v) is 20.8. The lowest BCUT2D eigenvalue weighted by molar-refractivity contribution is -0.231. The van der Waals surface area contributed by atoms with Crippen LogP contribution in [0.5, 0.6) is 0 Å². The lowest BCUT2D eigenvalue weighted by Gasteiger charge is -2.42. The fourth-order valence-electron chi connectivity index (χ4n) is 9.57.